The number of benzene rings is 2. The molecule has 0 atom stereocenters. The van der Waals surface area contributed by atoms with Crippen molar-refractivity contribution < 1.29 is 23.4 Å². The highest BCUT2D eigenvalue weighted by molar-refractivity contribution is 5.92. The lowest BCUT2D eigenvalue weighted by molar-refractivity contribution is 0.0919. The second kappa shape index (κ2) is 10.4. The van der Waals surface area contributed by atoms with Crippen LogP contribution in [0.4, 0.5) is 0 Å². The van der Waals surface area contributed by atoms with Crippen molar-refractivity contribution in [2.24, 2.45) is 5.92 Å². The number of rotatable bonds is 10. The Morgan fingerprint density at radius 3 is 2.57 bits per heavy atom. The Bertz CT molecular complexity index is 949. The minimum atomic E-state index is -0.300. The topological polar surface area (TPSA) is 69.9 Å². The van der Waals surface area contributed by atoms with E-state index >= 15 is 0 Å². The van der Waals surface area contributed by atoms with Gasteiger partial charge in [0.2, 0.25) is 0 Å². The maximum absolute atomic E-state index is 12.6. The van der Waals surface area contributed by atoms with Gasteiger partial charge < -0.3 is 23.9 Å². The van der Waals surface area contributed by atoms with Crippen LogP contribution < -0.4 is 19.5 Å². The molecule has 158 valence electrons. The van der Waals surface area contributed by atoms with Gasteiger partial charge in [-0.2, -0.15) is 0 Å². The van der Waals surface area contributed by atoms with Gasteiger partial charge in [0, 0.05) is 12.1 Å². The van der Waals surface area contributed by atoms with E-state index in [2.05, 4.69) is 19.2 Å². The summed E-state index contributed by atoms with van der Waals surface area (Å²) >= 11 is 0. The highest BCUT2D eigenvalue weighted by Crippen LogP contribution is 2.28. The van der Waals surface area contributed by atoms with Crippen LogP contribution in [-0.2, 0) is 13.2 Å². The first-order valence-electron chi connectivity index (χ1n) is 9.89. The zero-order chi connectivity index (χ0) is 21.3. The molecular weight excluding hydrogens is 382 g/mol. The number of furan rings is 1. The Hall–Kier alpha value is -3.41. The fourth-order valence-corrected chi connectivity index (χ4v) is 2.79. The smallest absolute Gasteiger partial charge is 0.287 e. The van der Waals surface area contributed by atoms with E-state index in [0.29, 0.717) is 36.1 Å². The quantitative estimate of drug-likeness (QED) is 0.519. The van der Waals surface area contributed by atoms with E-state index in [0.717, 1.165) is 11.3 Å². The highest BCUT2D eigenvalue weighted by Gasteiger charge is 2.16. The molecule has 6 nitrogen and oxygen atoms in total. The molecular formula is C24H27NO5. The molecule has 0 bridgehead atoms. The number of para-hydroxylation sites is 1. The van der Waals surface area contributed by atoms with Crippen LogP contribution in [0, 0.1) is 5.92 Å². The normalized spacial score (nSPS) is 10.7. The third-order valence-corrected chi connectivity index (χ3v) is 4.34. The number of carbonyl (C=O) groups is 1. The molecule has 1 aromatic heterocycles. The van der Waals surface area contributed by atoms with Crippen molar-refractivity contribution in [3.05, 3.63) is 77.7 Å². The summed E-state index contributed by atoms with van der Waals surface area (Å²) in [5, 5.41) is 2.88. The molecule has 0 saturated carbocycles. The second-order valence-electron chi connectivity index (χ2n) is 7.25. The van der Waals surface area contributed by atoms with Crippen molar-refractivity contribution in [1.29, 1.82) is 0 Å². The Labute approximate surface area is 176 Å². The van der Waals surface area contributed by atoms with Gasteiger partial charge in [0.15, 0.2) is 17.3 Å². The summed E-state index contributed by atoms with van der Waals surface area (Å²) < 4.78 is 22.3. The van der Waals surface area contributed by atoms with Crippen molar-refractivity contribution in [2.45, 2.75) is 27.0 Å². The summed E-state index contributed by atoms with van der Waals surface area (Å²) in [6.07, 6.45) is 1.49. The zero-order valence-corrected chi connectivity index (χ0v) is 17.5. The number of carbonyl (C=O) groups excluding carboxylic acids is 1. The van der Waals surface area contributed by atoms with Crippen LogP contribution in [0.25, 0.3) is 0 Å². The van der Waals surface area contributed by atoms with Gasteiger partial charge in [-0.3, -0.25) is 4.79 Å². The lowest BCUT2D eigenvalue weighted by Crippen LogP contribution is -2.23. The highest BCUT2D eigenvalue weighted by atomic mass is 16.5. The minimum Gasteiger partial charge on any atom is -0.493 e. The lowest BCUT2D eigenvalue weighted by Gasteiger charge is -2.14. The van der Waals surface area contributed by atoms with Crippen molar-refractivity contribution in [3.8, 4) is 17.2 Å². The van der Waals surface area contributed by atoms with Gasteiger partial charge in [0.05, 0.1) is 20.0 Å². The fraction of sp³-hybridized carbons (Fsp3) is 0.292. The van der Waals surface area contributed by atoms with E-state index in [1.807, 2.05) is 48.5 Å². The van der Waals surface area contributed by atoms with E-state index in [1.54, 1.807) is 13.2 Å². The van der Waals surface area contributed by atoms with Crippen molar-refractivity contribution in [3.63, 3.8) is 0 Å². The summed E-state index contributed by atoms with van der Waals surface area (Å²) in [6, 6.07) is 16.8. The van der Waals surface area contributed by atoms with Crippen LogP contribution in [0.15, 0.2) is 65.3 Å². The van der Waals surface area contributed by atoms with Gasteiger partial charge >= 0.3 is 0 Å². The number of ether oxygens (including phenoxy) is 3. The van der Waals surface area contributed by atoms with Crippen LogP contribution in [-0.4, -0.2) is 19.6 Å². The average molecular weight is 409 g/mol. The largest absolute Gasteiger partial charge is 0.493 e. The molecule has 0 spiro atoms. The van der Waals surface area contributed by atoms with Crippen LogP contribution >= 0.6 is 0 Å². The summed E-state index contributed by atoms with van der Waals surface area (Å²) in [5.74, 6) is 2.42. The zero-order valence-electron chi connectivity index (χ0n) is 17.5. The Balaban J connectivity index is 1.59. The maximum atomic E-state index is 12.6. The Morgan fingerprint density at radius 2 is 1.83 bits per heavy atom. The monoisotopic (exact) mass is 409 g/mol. The van der Waals surface area contributed by atoms with Crippen LogP contribution in [0.3, 0.4) is 0 Å². The lowest BCUT2D eigenvalue weighted by atomic mass is 10.2. The predicted molar refractivity (Wildman–Crippen MR) is 114 cm³/mol. The standard InChI is InChI=1S/C24H27NO5/c1-17(2)15-30-21-10-9-18(13-22(21)27-3)14-25-24(26)23-19(11-12-28-23)16-29-20-7-5-4-6-8-20/h4-13,17H,14-16H2,1-3H3,(H,25,26). The van der Waals surface area contributed by atoms with Gasteiger partial charge in [-0.1, -0.05) is 38.1 Å². The second-order valence-corrected chi connectivity index (χ2v) is 7.25. The first-order valence-corrected chi connectivity index (χ1v) is 9.89. The molecule has 1 N–H and O–H groups in total. The number of hydrogen-bond acceptors (Lipinski definition) is 5. The predicted octanol–water partition coefficient (Wildman–Crippen LogP) is 4.83. The number of nitrogens with one attached hydrogen (secondary N) is 1. The molecule has 1 heterocycles. The summed E-state index contributed by atoms with van der Waals surface area (Å²) in [5.41, 5.74) is 1.58. The first kappa shape index (κ1) is 21.3. The molecule has 6 heteroatoms. The molecule has 0 radical (unpaired) electrons. The molecule has 3 aromatic rings. The van der Waals surface area contributed by atoms with Gasteiger partial charge in [-0.05, 0) is 41.8 Å². The molecule has 2 aromatic carbocycles. The fourth-order valence-electron chi connectivity index (χ4n) is 2.79. The van der Waals surface area contributed by atoms with Gasteiger partial charge in [0.25, 0.3) is 5.91 Å². The minimum absolute atomic E-state index is 0.245. The van der Waals surface area contributed by atoms with E-state index in [4.69, 9.17) is 18.6 Å². The van der Waals surface area contributed by atoms with Crippen molar-refractivity contribution >= 4 is 5.91 Å². The third-order valence-electron chi connectivity index (χ3n) is 4.34. The molecule has 0 aliphatic heterocycles. The maximum Gasteiger partial charge on any atom is 0.287 e. The number of hydrogen-bond donors (Lipinski definition) is 1. The van der Waals surface area contributed by atoms with Crippen LogP contribution in [0.2, 0.25) is 0 Å². The average Bonchev–Trinajstić information content (AvgIpc) is 3.24. The molecule has 0 fully saturated rings. The summed E-state index contributed by atoms with van der Waals surface area (Å²) in [6.45, 7) is 5.37. The SMILES string of the molecule is COc1cc(CNC(=O)c2occc2COc2ccccc2)ccc1OCC(C)C. The molecule has 0 aliphatic carbocycles. The van der Waals surface area contributed by atoms with E-state index in [1.165, 1.54) is 6.26 Å². The molecule has 30 heavy (non-hydrogen) atoms. The van der Waals surface area contributed by atoms with Crippen molar-refractivity contribution in [1.82, 2.24) is 5.32 Å². The molecule has 0 saturated heterocycles. The van der Waals surface area contributed by atoms with Crippen molar-refractivity contribution in [2.75, 3.05) is 13.7 Å². The summed E-state index contributed by atoms with van der Waals surface area (Å²) in [7, 11) is 1.60. The van der Waals surface area contributed by atoms with Gasteiger partial charge in [-0.15, -0.1) is 0 Å². The third kappa shape index (κ3) is 5.80. The number of amides is 1. The molecule has 1 amide bonds. The Kier molecular flexibility index (Phi) is 7.38. The van der Waals surface area contributed by atoms with E-state index < -0.39 is 0 Å². The van der Waals surface area contributed by atoms with Crippen LogP contribution in [0.1, 0.15) is 35.5 Å². The van der Waals surface area contributed by atoms with Gasteiger partial charge in [-0.25, -0.2) is 0 Å². The Morgan fingerprint density at radius 1 is 1.03 bits per heavy atom. The molecule has 0 unspecified atom stereocenters. The summed E-state index contributed by atoms with van der Waals surface area (Å²) in [4.78, 5) is 12.6. The first-order chi connectivity index (χ1) is 14.6. The van der Waals surface area contributed by atoms with E-state index in [9.17, 15) is 4.79 Å². The van der Waals surface area contributed by atoms with Gasteiger partial charge in [0.1, 0.15) is 12.4 Å². The van der Waals surface area contributed by atoms with E-state index in [-0.39, 0.29) is 18.3 Å². The molecule has 3 rings (SSSR count). The van der Waals surface area contributed by atoms with Crippen LogP contribution in [0.5, 0.6) is 17.2 Å². The molecule has 0 aliphatic rings. The number of methoxy groups -OCH3 is 1.